The van der Waals surface area contributed by atoms with E-state index in [1.54, 1.807) is 24.3 Å². The van der Waals surface area contributed by atoms with Gasteiger partial charge in [0.15, 0.2) is 0 Å². The maximum atomic E-state index is 13.8. The molecule has 2 rings (SSSR count). The Hall–Kier alpha value is -0.720. The van der Waals surface area contributed by atoms with E-state index in [2.05, 4.69) is 53.1 Å². The van der Waals surface area contributed by atoms with Gasteiger partial charge in [-0.3, -0.25) is 4.79 Å². The van der Waals surface area contributed by atoms with Crippen LogP contribution in [0.2, 0.25) is 0 Å². The van der Waals surface area contributed by atoms with Gasteiger partial charge in [0.2, 0.25) is 0 Å². The van der Waals surface area contributed by atoms with E-state index in [1.807, 2.05) is 6.07 Å². The minimum Gasteiger partial charge on any atom is -0.320 e. The Balaban J connectivity index is 2.34. The van der Waals surface area contributed by atoms with E-state index in [0.717, 1.165) is 0 Å². The maximum Gasteiger partial charge on any atom is 0.258 e. The second kappa shape index (κ2) is 6.15. The molecular weight excluding hydrogens is 445 g/mol. The van der Waals surface area contributed by atoms with Crippen molar-refractivity contribution in [1.82, 2.24) is 0 Å². The Morgan fingerprint density at radius 1 is 0.947 bits per heavy atom. The largest absolute Gasteiger partial charge is 0.320 e. The van der Waals surface area contributed by atoms with E-state index in [-0.39, 0.29) is 10.0 Å². The molecule has 0 fully saturated rings. The lowest BCUT2D eigenvalue weighted by Gasteiger charge is -2.10. The van der Waals surface area contributed by atoms with Crippen molar-refractivity contribution in [3.8, 4) is 0 Å². The molecule has 0 aliphatic heterocycles. The zero-order valence-electron chi connectivity index (χ0n) is 9.38. The van der Waals surface area contributed by atoms with E-state index >= 15 is 0 Å². The third kappa shape index (κ3) is 3.24. The molecule has 1 amide bonds. The number of benzene rings is 2. The minimum atomic E-state index is -0.580. The number of carbonyl (C=O) groups is 1. The van der Waals surface area contributed by atoms with Crippen molar-refractivity contribution in [3.63, 3.8) is 0 Å². The van der Waals surface area contributed by atoms with Crippen LogP contribution in [0.4, 0.5) is 10.1 Å². The van der Waals surface area contributed by atoms with Crippen LogP contribution in [0.5, 0.6) is 0 Å². The molecule has 0 aliphatic carbocycles. The Labute approximate surface area is 134 Å². The summed E-state index contributed by atoms with van der Waals surface area (Å²) in [5.41, 5.74) is 0.545. The van der Waals surface area contributed by atoms with Crippen molar-refractivity contribution >= 4 is 59.4 Å². The van der Waals surface area contributed by atoms with Gasteiger partial charge in [-0.25, -0.2) is 4.39 Å². The summed E-state index contributed by atoms with van der Waals surface area (Å²) in [5.74, 6) is -1.09. The normalized spacial score (nSPS) is 10.3. The van der Waals surface area contributed by atoms with Gasteiger partial charge in [-0.1, -0.05) is 12.1 Å². The highest BCUT2D eigenvalue weighted by molar-refractivity contribution is 9.11. The van der Waals surface area contributed by atoms with Crippen LogP contribution in [-0.2, 0) is 0 Å². The SMILES string of the molecule is O=C(Nc1c(Br)cccc1Br)c1cccc(Br)c1F. The lowest BCUT2D eigenvalue weighted by atomic mass is 10.2. The van der Waals surface area contributed by atoms with Gasteiger partial charge in [0.05, 0.1) is 15.7 Å². The lowest BCUT2D eigenvalue weighted by Crippen LogP contribution is -2.14. The quantitative estimate of drug-likeness (QED) is 0.653. The molecule has 0 spiro atoms. The van der Waals surface area contributed by atoms with Gasteiger partial charge in [0, 0.05) is 8.95 Å². The topological polar surface area (TPSA) is 29.1 Å². The first-order chi connectivity index (χ1) is 9.00. The molecule has 19 heavy (non-hydrogen) atoms. The first-order valence-electron chi connectivity index (χ1n) is 5.20. The van der Waals surface area contributed by atoms with Gasteiger partial charge in [-0.15, -0.1) is 0 Å². The number of rotatable bonds is 2. The zero-order chi connectivity index (χ0) is 14.0. The molecule has 0 aromatic heterocycles. The standard InChI is InChI=1S/C13H7Br3FNO/c14-8-4-1-3-7(11(8)17)13(19)18-12-9(15)5-2-6-10(12)16/h1-6H,(H,18,19). The van der Waals surface area contributed by atoms with Crippen molar-refractivity contribution in [1.29, 1.82) is 0 Å². The molecule has 0 saturated heterocycles. The van der Waals surface area contributed by atoms with Crippen LogP contribution < -0.4 is 5.32 Å². The van der Waals surface area contributed by atoms with Crippen LogP contribution in [-0.4, -0.2) is 5.91 Å². The minimum absolute atomic E-state index is 0.0166. The van der Waals surface area contributed by atoms with Crippen LogP contribution in [0.1, 0.15) is 10.4 Å². The van der Waals surface area contributed by atoms with Crippen LogP contribution >= 0.6 is 47.8 Å². The average molecular weight is 452 g/mol. The summed E-state index contributed by atoms with van der Waals surface area (Å²) in [6.45, 7) is 0. The number of nitrogens with one attached hydrogen (secondary N) is 1. The first kappa shape index (κ1) is 14.7. The van der Waals surface area contributed by atoms with E-state index < -0.39 is 11.7 Å². The van der Waals surface area contributed by atoms with Crippen molar-refractivity contribution in [3.05, 3.63) is 61.2 Å². The summed E-state index contributed by atoms with van der Waals surface area (Å²) in [6, 6.07) is 9.98. The number of carbonyl (C=O) groups excluding carboxylic acids is 1. The number of anilines is 1. The van der Waals surface area contributed by atoms with Crippen LogP contribution in [0.3, 0.4) is 0 Å². The summed E-state index contributed by atoms with van der Waals surface area (Å²) in [4.78, 5) is 12.1. The summed E-state index contributed by atoms with van der Waals surface area (Å²) in [7, 11) is 0. The first-order valence-corrected chi connectivity index (χ1v) is 7.58. The molecule has 6 heteroatoms. The van der Waals surface area contributed by atoms with Crippen molar-refractivity contribution < 1.29 is 9.18 Å². The molecule has 0 heterocycles. The third-order valence-electron chi connectivity index (χ3n) is 2.40. The number of hydrogen-bond donors (Lipinski definition) is 1. The van der Waals surface area contributed by atoms with Crippen molar-refractivity contribution in [2.24, 2.45) is 0 Å². The van der Waals surface area contributed by atoms with Gasteiger partial charge in [0.25, 0.3) is 5.91 Å². The van der Waals surface area contributed by atoms with E-state index in [0.29, 0.717) is 14.6 Å². The second-order valence-corrected chi connectivity index (χ2v) is 6.22. The number of hydrogen-bond acceptors (Lipinski definition) is 1. The van der Waals surface area contributed by atoms with E-state index in [4.69, 9.17) is 0 Å². The van der Waals surface area contributed by atoms with E-state index in [9.17, 15) is 9.18 Å². The Kier molecular flexibility index (Phi) is 4.76. The predicted molar refractivity (Wildman–Crippen MR) is 83.9 cm³/mol. The second-order valence-electron chi connectivity index (χ2n) is 3.65. The molecule has 2 aromatic carbocycles. The maximum absolute atomic E-state index is 13.8. The molecule has 2 aromatic rings. The molecular formula is C13H7Br3FNO. The average Bonchev–Trinajstić information content (AvgIpc) is 2.37. The summed E-state index contributed by atoms with van der Waals surface area (Å²) in [6.07, 6.45) is 0. The molecule has 0 bridgehead atoms. The highest BCUT2D eigenvalue weighted by Crippen LogP contribution is 2.31. The molecule has 0 unspecified atom stereocenters. The highest BCUT2D eigenvalue weighted by Gasteiger charge is 2.16. The van der Waals surface area contributed by atoms with E-state index in [1.165, 1.54) is 6.07 Å². The summed E-state index contributed by atoms with van der Waals surface area (Å²) < 4.78 is 15.5. The monoisotopic (exact) mass is 449 g/mol. The van der Waals surface area contributed by atoms with Crippen LogP contribution in [0.15, 0.2) is 49.8 Å². The molecule has 1 N–H and O–H groups in total. The fraction of sp³-hybridized carbons (Fsp3) is 0. The van der Waals surface area contributed by atoms with Gasteiger partial charge < -0.3 is 5.32 Å². The summed E-state index contributed by atoms with van der Waals surface area (Å²) >= 11 is 9.72. The summed E-state index contributed by atoms with van der Waals surface area (Å²) in [5, 5.41) is 2.67. The molecule has 2 nitrogen and oxygen atoms in total. The zero-order valence-corrected chi connectivity index (χ0v) is 14.1. The molecule has 0 radical (unpaired) electrons. The fourth-order valence-electron chi connectivity index (χ4n) is 1.48. The molecule has 98 valence electrons. The Bertz CT molecular complexity index is 626. The van der Waals surface area contributed by atoms with Gasteiger partial charge in [0.1, 0.15) is 5.82 Å². The highest BCUT2D eigenvalue weighted by atomic mass is 79.9. The lowest BCUT2D eigenvalue weighted by molar-refractivity contribution is 0.102. The number of para-hydroxylation sites is 1. The van der Waals surface area contributed by atoms with Crippen LogP contribution in [0.25, 0.3) is 0 Å². The fourth-order valence-corrected chi connectivity index (χ4v) is 3.04. The molecule has 0 atom stereocenters. The molecule has 0 aliphatic rings. The molecule has 0 saturated carbocycles. The number of amides is 1. The van der Waals surface area contributed by atoms with Gasteiger partial charge in [-0.2, -0.15) is 0 Å². The van der Waals surface area contributed by atoms with Gasteiger partial charge >= 0.3 is 0 Å². The number of halogens is 4. The van der Waals surface area contributed by atoms with Gasteiger partial charge in [-0.05, 0) is 72.1 Å². The Morgan fingerprint density at radius 3 is 2.11 bits per heavy atom. The smallest absolute Gasteiger partial charge is 0.258 e. The van der Waals surface area contributed by atoms with Crippen LogP contribution in [0, 0.1) is 5.82 Å². The van der Waals surface area contributed by atoms with Crippen molar-refractivity contribution in [2.75, 3.05) is 5.32 Å². The third-order valence-corrected chi connectivity index (χ3v) is 4.33. The van der Waals surface area contributed by atoms with Crippen molar-refractivity contribution in [2.45, 2.75) is 0 Å². The predicted octanol–water partition coefficient (Wildman–Crippen LogP) is 5.37. The Morgan fingerprint density at radius 2 is 1.47 bits per heavy atom.